The molecule has 0 aromatic heterocycles. The standard InChI is InChI=1S/C25H21BrN4O7/c1-36-19-9-8-16(22(13-19)37-2)11-21(28-24(32)15-6-4-3-5-7-15)25(33)29-27-14-17-10-18(30(34)35)12-20(26)23(17)31/h3-14,31H,1-2H3,(H,28,32)(H,29,33)/b21-11-,27-14?. The SMILES string of the molecule is COc1ccc(/C=C(\NC(=O)c2ccccc2)C(=O)NN=Cc2cc([N+](=O)[O-])cc(Br)c2O)c(OC)c1. The molecule has 0 spiro atoms. The van der Waals surface area contributed by atoms with Crippen molar-refractivity contribution in [1.29, 1.82) is 0 Å². The van der Waals surface area contributed by atoms with Gasteiger partial charge in [-0.1, -0.05) is 18.2 Å². The Morgan fingerprint density at radius 3 is 2.43 bits per heavy atom. The third-order valence-electron chi connectivity index (χ3n) is 4.93. The molecule has 3 aromatic rings. The molecule has 0 saturated carbocycles. The zero-order chi connectivity index (χ0) is 26.9. The molecular weight excluding hydrogens is 548 g/mol. The predicted molar refractivity (Wildman–Crippen MR) is 140 cm³/mol. The van der Waals surface area contributed by atoms with Gasteiger partial charge in [-0.25, -0.2) is 5.43 Å². The zero-order valence-electron chi connectivity index (χ0n) is 19.6. The topological polar surface area (TPSA) is 152 Å². The lowest BCUT2D eigenvalue weighted by Crippen LogP contribution is -2.32. The summed E-state index contributed by atoms with van der Waals surface area (Å²) in [5.74, 6) is -0.741. The van der Waals surface area contributed by atoms with E-state index in [2.05, 4.69) is 31.8 Å². The maximum absolute atomic E-state index is 13.0. The number of benzene rings is 3. The van der Waals surface area contributed by atoms with Gasteiger partial charge in [-0.2, -0.15) is 5.10 Å². The highest BCUT2D eigenvalue weighted by Gasteiger charge is 2.17. The molecule has 0 aliphatic rings. The molecule has 0 aliphatic heterocycles. The average Bonchev–Trinajstić information content (AvgIpc) is 2.90. The van der Waals surface area contributed by atoms with Gasteiger partial charge in [0.05, 0.1) is 29.8 Å². The number of nitrogens with zero attached hydrogens (tertiary/aromatic N) is 2. The molecule has 0 fully saturated rings. The van der Waals surface area contributed by atoms with Crippen molar-refractivity contribution in [3.63, 3.8) is 0 Å². The van der Waals surface area contributed by atoms with Gasteiger partial charge in [-0.3, -0.25) is 19.7 Å². The van der Waals surface area contributed by atoms with Crippen LogP contribution in [0.2, 0.25) is 0 Å². The third kappa shape index (κ3) is 6.92. The zero-order valence-corrected chi connectivity index (χ0v) is 21.2. The number of hydrazone groups is 1. The van der Waals surface area contributed by atoms with Crippen molar-refractivity contribution in [2.75, 3.05) is 14.2 Å². The highest BCUT2D eigenvalue weighted by Crippen LogP contribution is 2.31. The molecule has 3 aromatic carbocycles. The van der Waals surface area contributed by atoms with Crippen molar-refractivity contribution < 1.29 is 29.1 Å². The largest absolute Gasteiger partial charge is 0.506 e. The van der Waals surface area contributed by atoms with E-state index >= 15 is 0 Å². The minimum Gasteiger partial charge on any atom is -0.506 e. The van der Waals surface area contributed by atoms with Crippen LogP contribution in [0.25, 0.3) is 6.08 Å². The van der Waals surface area contributed by atoms with E-state index in [1.165, 1.54) is 20.3 Å². The lowest BCUT2D eigenvalue weighted by molar-refractivity contribution is -0.385. The van der Waals surface area contributed by atoms with Crippen LogP contribution in [0.15, 0.2) is 75.9 Å². The van der Waals surface area contributed by atoms with Gasteiger partial charge < -0.3 is 19.9 Å². The summed E-state index contributed by atoms with van der Waals surface area (Å²) in [4.78, 5) is 36.2. The van der Waals surface area contributed by atoms with Crippen molar-refractivity contribution in [3.8, 4) is 17.2 Å². The fraction of sp³-hybridized carbons (Fsp3) is 0.0800. The number of nitro benzene ring substituents is 1. The minimum atomic E-state index is -0.803. The van der Waals surface area contributed by atoms with Gasteiger partial charge in [-0.15, -0.1) is 0 Å². The number of rotatable bonds is 9. The Kier molecular flexibility index (Phi) is 8.95. The predicted octanol–water partition coefficient (Wildman–Crippen LogP) is 4.00. The van der Waals surface area contributed by atoms with E-state index < -0.39 is 16.7 Å². The summed E-state index contributed by atoms with van der Waals surface area (Å²) in [7, 11) is 2.95. The smallest absolute Gasteiger partial charge is 0.287 e. The van der Waals surface area contributed by atoms with E-state index in [9.17, 15) is 24.8 Å². The van der Waals surface area contributed by atoms with Gasteiger partial charge in [0.1, 0.15) is 22.9 Å². The van der Waals surface area contributed by atoms with Gasteiger partial charge >= 0.3 is 0 Å². The van der Waals surface area contributed by atoms with Gasteiger partial charge in [0.15, 0.2) is 0 Å². The maximum Gasteiger partial charge on any atom is 0.287 e. The Morgan fingerprint density at radius 2 is 1.78 bits per heavy atom. The van der Waals surface area contributed by atoms with Crippen molar-refractivity contribution in [2.45, 2.75) is 0 Å². The number of aromatic hydroxyl groups is 1. The van der Waals surface area contributed by atoms with Crippen molar-refractivity contribution in [2.24, 2.45) is 5.10 Å². The van der Waals surface area contributed by atoms with Crippen molar-refractivity contribution >= 4 is 45.7 Å². The monoisotopic (exact) mass is 568 g/mol. The van der Waals surface area contributed by atoms with E-state index in [1.807, 2.05) is 0 Å². The molecule has 3 N–H and O–H groups in total. The normalized spacial score (nSPS) is 11.2. The number of nitrogens with one attached hydrogen (secondary N) is 2. The van der Waals surface area contributed by atoms with Gasteiger partial charge in [-0.05, 0) is 46.3 Å². The van der Waals surface area contributed by atoms with Crippen LogP contribution in [0.3, 0.4) is 0 Å². The molecular formula is C25H21BrN4O7. The number of halogens is 1. The van der Waals surface area contributed by atoms with Gasteiger partial charge in [0.25, 0.3) is 17.5 Å². The number of nitro groups is 1. The molecule has 0 unspecified atom stereocenters. The summed E-state index contributed by atoms with van der Waals surface area (Å²) in [5, 5.41) is 27.6. The second-order valence-corrected chi connectivity index (χ2v) is 8.16. The maximum atomic E-state index is 13.0. The van der Waals surface area contributed by atoms with E-state index in [0.717, 1.165) is 18.3 Å². The molecule has 2 amide bonds. The van der Waals surface area contributed by atoms with E-state index in [-0.39, 0.29) is 27.2 Å². The van der Waals surface area contributed by atoms with E-state index in [0.29, 0.717) is 22.6 Å². The fourth-order valence-electron chi connectivity index (χ4n) is 3.07. The van der Waals surface area contributed by atoms with Crippen LogP contribution in [-0.4, -0.2) is 42.3 Å². The first kappa shape index (κ1) is 26.9. The fourth-order valence-corrected chi connectivity index (χ4v) is 3.53. The molecule has 0 atom stereocenters. The highest BCUT2D eigenvalue weighted by molar-refractivity contribution is 9.10. The molecule has 0 saturated heterocycles. The molecule has 37 heavy (non-hydrogen) atoms. The Hall–Kier alpha value is -4.71. The molecule has 0 radical (unpaired) electrons. The summed E-state index contributed by atoms with van der Waals surface area (Å²) < 4.78 is 10.6. The minimum absolute atomic E-state index is 0.0166. The Bertz CT molecular complexity index is 1390. The Morgan fingerprint density at radius 1 is 1.05 bits per heavy atom. The summed E-state index contributed by atoms with van der Waals surface area (Å²) in [6, 6.07) is 15.4. The first-order valence-corrected chi connectivity index (χ1v) is 11.3. The number of hydrogen-bond donors (Lipinski definition) is 3. The second kappa shape index (κ2) is 12.3. The van der Waals surface area contributed by atoms with Gasteiger partial charge in [0, 0.05) is 34.9 Å². The summed E-state index contributed by atoms with van der Waals surface area (Å²) in [6.07, 6.45) is 2.43. The number of phenolic OH excluding ortho intramolecular Hbond substituents is 1. The summed E-state index contributed by atoms with van der Waals surface area (Å²) in [5.41, 5.74) is 2.55. The highest BCUT2D eigenvalue weighted by atomic mass is 79.9. The third-order valence-corrected chi connectivity index (χ3v) is 5.53. The molecule has 190 valence electrons. The van der Waals surface area contributed by atoms with Crippen LogP contribution in [0, 0.1) is 10.1 Å². The van der Waals surface area contributed by atoms with Crippen LogP contribution in [0.5, 0.6) is 17.2 Å². The van der Waals surface area contributed by atoms with Gasteiger partial charge in [0.2, 0.25) is 0 Å². The van der Waals surface area contributed by atoms with Crippen LogP contribution in [-0.2, 0) is 4.79 Å². The molecule has 0 aliphatic carbocycles. The number of carbonyl (C=O) groups excluding carboxylic acids is 2. The van der Waals surface area contributed by atoms with Crippen LogP contribution in [0.1, 0.15) is 21.5 Å². The average molecular weight is 569 g/mol. The Labute approximate surface area is 219 Å². The number of methoxy groups -OCH3 is 2. The van der Waals surface area contributed by atoms with E-state index in [1.54, 1.807) is 48.5 Å². The quantitative estimate of drug-likeness (QED) is 0.152. The molecule has 0 heterocycles. The van der Waals surface area contributed by atoms with E-state index in [4.69, 9.17) is 9.47 Å². The number of non-ortho nitro benzene ring substituents is 1. The molecule has 0 bridgehead atoms. The molecule has 11 nitrogen and oxygen atoms in total. The van der Waals surface area contributed by atoms with Crippen LogP contribution < -0.4 is 20.2 Å². The summed E-state index contributed by atoms with van der Waals surface area (Å²) >= 11 is 3.04. The number of amides is 2. The number of hydrogen-bond acceptors (Lipinski definition) is 8. The van der Waals surface area contributed by atoms with Crippen molar-refractivity contribution in [3.05, 3.63) is 97.6 Å². The lowest BCUT2D eigenvalue weighted by Gasteiger charge is -2.11. The lowest BCUT2D eigenvalue weighted by atomic mass is 10.1. The van der Waals surface area contributed by atoms with Crippen LogP contribution >= 0.6 is 15.9 Å². The first-order valence-electron chi connectivity index (χ1n) is 10.5. The number of ether oxygens (including phenoxy) is 2. The summed E-state index contributed by atoms with van der Waals surface area (Å²) in [6.45, 7) is 0. The number of carbonyl (C=O) groups is 2. The van der Waals surface area contributed by atoms with Crippen molar-refractivity contribution in [1.82, 2.24) is 10.7 Å². The molecule has 12 heteroatoms. The van der Waals surface area contributed by atoms with Crippen LogP contribution in [0.4, 0.5) is 5.69 Å². The second-order valence-electron chi connectivity index (χ2n) is 7.31. The molecule has 3 rings (SSSR count). The first-order chi connectivity index (χ1) is 17.7. The number of phenols is 1. The Balaban J connectivity index is 1.92.